The van der Waals surface area contributed by atoms with Crippen LogP contribution in [0.3, 0.4) is 0 Å². The zero-order chi connectivity index (χ0) is 18.6. The monoisotopic (exact) mass is 392 g/mol. The summed E-state index contributed by atoms with van der Waals surface area (Å²) in [6.45, 7) is 2.09. The van der Waals surface area contributed by atoms with Crippen molar-refractivity contribution in [1.29, 1.82) is 0 Å². The number of aromatic nitrogens is 4. The first-order valence-corrected chi connectivity index (χ1v) is 9.88. The van der Waals surface area contributed by atoms with E-state index in [0.717, 1.165) is 44.1 Å². The molecule has 0 aliphatic heterocycles. The number of hydrogen-bond donors (Lipinski definition) is 0. The number of pyridine rings is 1. The fourth-order valence-corrected chi connectivity index (χ4v) is 3.96. The van der Waals surface area contributed by atoms with Crippen LogP contribution in [-0.2, 0) is 5.75 Å². The van der Waals surface area contributed by atoms with Crippen LogP contribution in [0.25, 0.3) is 17.1 Å². The molecule has 0 fully saturated rings. The van der Waals surface area contributed by atoms with Gasteiger partial charge in [0.2, 0.25) is 0 Å². The third-order valence-corrected chi connectivity index (χ3v) is 5.42. The van der Waals surface area contributed by atoms with Gasteiger partial charge in [0.05, 0.1) is 5.69 Å². The Labute approximate surface area is 167 Å². The largest absolute Gasteiger partial charge is 0.270 e. The van der Waals surface area contributed by atoms with Gasteiger partial charge in [-0.1, -0.05) is 53.7 Å². The molecule has 2 heterocycles. The Morgan fingerprint density at radius 1 is 0.963 bits per heavy atom. The molecule has 6 heteroatoms. The van der Waals surface area contributed by atoms with Gasteiger partial charge in [0.25, 0.3) is 0 Å². The van der Waals surface area contributed by atoms with E-state index >= 15 is 0 Å². The van der Waals surface area contributed by atoms with Crippen molar-refractivity contribution < 1.29 is 0 Å². The molecule has 0 amide bonds. The summed E-state index contributed by atoms with van der Waals surface area (Å²) >= 11 is 7.75. The van der Waals surface area contributed by atoms with Gasteiger partial charge in [-0.15, -0.1) is 10.2 Å². The fourth-order valence-electron chi connectivity index (χ4n) is 2.86. The first kappa shape index (κ1) is 17.8. The van der Waals surface area contributed by atoms with Crippen molar-refractivity contribution >= 4 is 23.4 Å². The highest BCUT2D eigenvalue weighted by Gasteiger charge is 2.17. The lowest BCUT2D eigenvalue weighted by molar-refractivity contribution is 0.880. The molecule has 0 aliphatic rings. The number of hydrogen-bond acceptors (Lipinski definition) is 4. The van der Waals surface area contributed by atoms with E-state index in [0.29, 0.717) is 0 Å². The predicted octanol–water partition coefficient (Wildman–Crippen LogP) is 5.58. The van der Waals surface area contributed by atoms with E-state index in [1.165, 1.54) is 0 Å². The minimum absolute atomic E-state index is 0.742. The van der Waals surface area contributed by atoms with Gasteiger partial charge in [-0.05, 0) is 48.4 Å². The number of thioether (sulfide) groups is 1. The zero-order valence-corrected chi connectivity index (χ0v) is 16.3. The number of benzene rings is 2. The first-order chi connectivity index (χ1) is 13.2. The van der Waals surface area contributed by atoms with Crippen molar-refractivity contribution in [1.82, 2.24) is 19.7 Å². The molecule has 0 aliphatic carbocycles. The summed E-state index contributed by atoms with van der Waals surface area (Å²) in [5, 5.41) is 10.5. The summed E-state index contributed by atoms with van der Waals surface area (Å²) in [6.07, 6.45) is 3.54. The molecule has 0 unspecified atom stereocenters. The molecule has 0 radical (unpaired) electrons. The van der Waals surface area contributed by atoms with Gasteiger partial charge in [0.1, 0.15) is 0 Å². The van der Waals surface area contributed by atoms with Crippen LogP contribution in [0.15, 0.2) is 78.2 Å². The SMILES string of the molecule is Cc1ccccc1-n1c(SCc2cccc(Cl)c2)nnc1-c1ccncc1. The number of halogens is 1. The number of rotatable bonds is 5. The molecule has 2 aromatic heterocycles. The molecule has 0 spiro atoms. The summed E-state index contributed by atoms with van der Waals surface area (Å²) in [7, 11) is 0. The van der Waals surface area contributed by atoms with Gasteiger partial charge >= 0.3 is 0 Å². The maximum absolute atomic E-state index is 6.11. The normalized spacial score (nSPS) is 10.9. The minimum atomic E-state index is 0.742. The van der Waals surface area contributed by atoms with Crippen LogP contribution >= 0.6 is 23.4 Å². The topological polar surface area (TPSA) is 43.6 Å². The van der Waals surface area contributed by atoms with Crippen LogP contribution in [0.4, 0.5) is 0 Å². The van der Waals surface area contributed by atoms with E-state index in [9.17, 15) is 0 Å². The lowest BCUT2D eigenvalue weighted by Gasteiger charge is -2.13. The molecule has 134 valence electrons. The van der Waals surface area contributed by atoms with Crippen LogP contribution < -0.4 is 0 Å². The average Bonchev–Trinajstić information content (AvgIpc) is 3.11. The van der Waals surface area contributed by atoms with E-state index in [4.69, 9.17) is 11.6 Å². The zero-order valence-electron chi connectivity index (χ0n) is 14.7. The van der Waals surface area contributed by atoms with Crippen molar-refractivity contribution in [2.24, 2.45) is 0 Å². The van der Waals surface area contributed by atoms with Gasteiger partial charge in [0.15, 0.2) is 11.0 Å². The molecule has 0 N–H and O–H groups in total. The molecular weight excluding hydrogens is 376 g/mol. The van der Waals surface area contributed by atoms with Gasteiger partial charge < -0.3 is 0 Å². The van der Waals surface area contributed by atoms with Crippen molar-refractivity contribution in [2.75, 3.05) is 0 Å². The maximum Gasteiger partial charge on any atom is 0.196 e. The van der Waals surface area contributed by atoms with E-state index in [2.05, 4.69) is 44.9 Å². The Morgan fingerprint density at radius 2 is 1.78 bits per heavy atom. The third kappa shape index (κ3) is 3.89. The van der Waals surface area contributed by atoms with Crippen LogP contribution in [-0.4, -0.2) is 19.7 Å². The maximum atomic E-state index is 6.11. The van der Waals surface area contributed by atoms with E-state index < -0.39 is 0 Å². The molecule has 4 nitrogen and oxygen atoms in total. The number of aryl methyl sites for hydroxylation is 1. The minimum Gasteiger partial charge on any atom is -0.270 e. The van der Waals surface area contributed by atoms with Crippen molar-refractivity contribution in [3.63, 3.8) is 0 Å². The smallest absolute Gasteiger partial charge is 0.196 e. The lowest BCUT2D eigenvalue weighted by atomic mass is 10.2. The summed E-state index contributed by atoms with van der Waals surface area (Å²) in [5.74, 6) is 1.57. The summed E-state index contributed by atoms with van der Waals surface area (Å²) in [5.41, 5.74) is 4.37. The Kier molecular flexibility index (Phi) is 5.23. The van der Waals surface area contributed by atoms with Crippen LogP contribution in [0.2, 0.25) is 5.02 Å². The molecule has 27 heavy (non-hydrogen) atoms. The standard InChI is InChI=1S/C21H17ClN4S/c1-15-5-2-3-8-19(15)26-20(17-9-11-23-12-10-17)24-25-21(26)27-14-16-6-4-7-18(22)13-16/h2-13H,14H2,1H3. The Hall–Kier alpha value is -2.63. The van der Waals surface area contributed by atoms with E-state index in [1.54, 1.807) is 24.2 Å². The summed E-state index contributed by atoms with van der Waals surface area (Å²) in [6, 6.07) is 20.0. The molecule has 0 atom stereocenters. The van der Waals surface area contributed by atoms with Crippen molar-refractivity contribution in [3.05, 3.63) is 89.2 Å². The lowest BCUT2D eigenvalue weighted by Crippen LogP contribution is -2.02. The average molecular weight is 393 g/mol. The number of nitrogens with zero attached hydrogens (tertiary/aromatic N) is 4. The Morgan fingerprint density at radius 3 is 2.56 bits per heavy atom. The highest BCUT2D eigenvalue weighted by molar-refractivity contribution is 7.98. The Bertz CT molecular complexity index is 1060. The number of para-hydroxylation sites is 1. The molecule has 0 saturated carbocycles. The Balaban J connectivity index is 1.76. The molecular formula is C21H17ClN4S. The van der Waals surface area contributed by atoms with Crippen LogP contribution in [0.1, 0.15) is 11.1 Å². The summed E-state index contributed by atoms with van der Waals surface area (Å²) < 4.78 is 2.11. The predicted molar refractivity (Wildman–Crippen MR) is 110 cm³/mol. The van der Waals surface area contributed by atoms with Gasteiger partial charge in [-0.25, -0.2) is 0 Å². The second-order valence-corrected chi connectivity index (χ2v) is 7.46. The molecule has 0 saturated heterocycles. The van der Waals surface area contributed by atoms with Crippen LogP contribution in [0.5, 0.6) is 0 Å². The molecule has 2 aromatic carbocycles. The molecule has 4 aromatic rings. The highest BCUT2D eigenvalue weighted by Crippen LogP contribution is 2.31. The van der Waals surface area contributed by atoms with Crippen molar-refractivity contribution in [2.45, 2.75) is 17.8 Å². The van der Waals surface area contributed by atoms with Gasteiger partial charge in [0, 0.05) is 28.7 Å². The van der Waals surface area contributed by atoms with Gasteiger partial charge in [-0.2, -0.15) is 0 Å². The van der Waals surface area contributed by atoms with Crippen molar-refractivity contribution in [3.8, 4) is 17.1 Å². The summed E-state index contributed by atoms with van der Waals surface area (Å²) in [4.78, 5) is 4.11. The van der Waals surface area contributed by atoms with Crippen LogP contribution in [0, 0.1) is 6.92 Å². The van der Waals surface area contributed by atoms with E-state index in [-0.39, 0.29) is 0 Å². The quantitative estimate of drug-likeness (QED) is 0.415. The second-order valence-electron chi connectivity index (χ2n) is 6.08. The second kappa shape index (κ2) is 7.94. The fraction of sp³-hybridized carbons (Fsp3) is 0.0952. The van der Waals surface area contributed by atoms with E-state index in [1.807, 2.05) is 42.5 Å². The first-order valence-electron chi connectivity index (χ1n) is 8.51. The highest BCUT2D eigenvalue weighted by atomic mass is 35.5. The molecule has 0 bridgehead atoms. The molecule has 4 rings (SSSR count). The third-order valence-electron chi connectivity index (χ3n) is 4.19. The van der Waals surface area contributed by atoms with Gasteiger partial charge in [-0.3, -0.25) is 9.55 Å².